The standard InChI is InChI=1S/C23H23F3N4O5/c24-23(25,26)35-16-5-3-14(4-6-16)15-2-1-9-29(12-15)22(34)30-19(21(32)33)17(20(30)31)10-13-7-8-28-18(27)11-13/h3-8,11,15,17,19H,1-2,9-10,12H2,(H2,27,28)(H,32,33)/t15?,17-,19+/m1/s1. The number of benzene rings is 1. The molecular formula is C23H23F3N4O5. The number of carbonyl (C=O) groups is 3. The van der Waals surface area contributed by atoms with Crippen molar-refractivity contribution in [3.63, 3.8) is 0 Å². The maximum atomic E-state index is 13.1. The van der Waals surface area contributed by atoms with E-state index < -0.39 is 36.2 Å². The number of pyridine rings is 1. The third kappa shape index (κ3) is 5.31. The van der Waals surface area contributed by atoms with Gasteiger partial charge in [0, 0.05) is 25.2 Å². The molecular weight excluding hydrogens is 469 g/mol. The highest BCUT2D eigenvalue weighted by Crippen LogP contribution is 2.34. The summed E-state index contributed by atoms with van der Waals surface area (Å²) < 4.78 is 41.1. The zero-order valence-electron chi connectivity index (χ0n) is 18.4. The maximum Gasteiger partial charge on any atom is 0.573 e. The summed E-state index contributed by atoms with van der Waals surface area (Å²) in [6.45, 7) is 0.548. The Morgan fingerprint density at radius 1 is 1.20 bits per heavy atom. The predicted octanol–water partition coefficient (Wildman–Crippen LogP) is 3.02. The Labute approximate surface area is 198 Å². The number of aromatic nitrogens is 1. The second-order valence-corrected chi connectivity index (χ2v) is 8.58. The number of nitrogen functional groups attached to an aromatic ring is 1. The molecule has 0 aliphatic carbocycles. The highest BCUT2D eigenvalue weighted by Gasteiger charge is 2.55. The molecule has 186 valence electrons. The van der Waals surface area contributed by atoms with Crippen LogP contribution in [0.3, 0.4) is 0 Å². The molecule has 0 radical (unpaired) electrons. The molecule has 3 heterocycles. The first kappa shape index (κ1) is 24.3. The van der Waals surface area contributed by atoms with Crippen LogP contribution in [0.5, 0.6) is 5.75 Å². The first-order chi connectivity index (χ1) is 16.5. The molecule has 12 heteroatoms. The summed E-state index contributed by atoms with van der Waals surface area (Å²) >= 11 is 0. The number of nitrogens with two attached hydrogens (primary N) is 1. The number of anilines is 1. The number of carboxylic acid groups (broad SMARTS) is 1. The van der Waals surface area contributed by atoms with Crippen molar-refractivity contribution in [3.05, 3.63) is 53.7 Å². The van der Waals surface area contributed by atoms with Crippen LogP contribution >= 0.6 is 0 Å². The maximum absolute atomic E-state index is 13.1. The highest BCUT2D eigenvalue weighted by atomic mass is 19.4. The van der Waals surface area contributed by atoms with Gasteiger partial charge in [-0.1, -0.05) is 12.1 Å². The molecule has 1 aromatic heterocycles. The van der Waals surface area contributed by atoms with Crippen LogP contribution in [0.25, 0.3) is 0 Å². The van der Waals surface area contributed by atoms with Crippen LogP contribution in [-0.2, 0) is 16.0 Å². The molecule has 2 aliphatic heterocycles. The first-order valence-electron chi connectivity index (χ1n) is 10.9. The largest absolute Gasteiger partial charge is 0.573 e. The number of ether oxygens (including phenoxy) is 1. The molecule has 0 saturated carbocycles. The molecule has 0 spiro atoms. The molecule has 2 saturated heterocycles. The number of carboxylic acids is 1. The topological polar surface area (TPSA) is 126 Å². The van der Waals surface area contributed by atoms with Crippen molar-refractivity contribution in [1.82, 2.24) is 14.8 Å². The molecule has 1 unspecified atom stereocenters. The minimum Gasteiger partial charge on any atom is -0.480 e. The van der Waals surface area contributed by atoms with Gasteiger partial charge in [-0.05, 0) is 54.7 Å². The fourth-order valence-electron chi connectivity index (χ4n) is 4.64. The Morgan fingerprint density at radius 3 is 2.54 bits per heavy atom. The number of imide groups is 1. The molecule has 1 aromatic carbocycles. The normalized spacial score (nSPS) is 22.5. The minimum absolute atomic E-state index is 0.112. The van der Waals surface area contributed by atoms with E-state index in [1.165, 1.54) is 35.4 Å². The van der Waals surface area contributed by atoms with Gasteiger partial charge in [0.05, 0.1) is 5.92 Å². The van der Waals surface area contributed by atoms with Crippen LogP contribution in [0, 0.1) is 5.92 Å². The SMILES string of the molecule is Nc1cc(C[C@H]2C(=O)N(C(=O)N3CCCC(c4ccc(OC(F)(F)F)cc4)C3)[C@@H]2C(=O)O)ccn1. The molecule has 3 amide bonds. The number of nitrogens with zero attached hydrogens (tertiary/aromatic N) is 3. The lowest BCUT2D eigenvalue weighted by molar-refractivity contribution is -0.274. The number of aliphatic carboxylic acids is 1. The van der Waals surface area contributed by atoms with Crippen molar-refractivity contribution >= 4 is 23.7 Å². The number of amides is 3. The Hall–Kier alpha value is -3.83. The summed E-state index contributed by atoms with van der Waals surface area (Å²) in [5.41, 5.74) is 7.01. The zero-order chi connectivity index (χ0) is 25.3. The Balaban J connectivity index is 1.43. The first-order valence-corrected chi connectivity index (χ1v) is 10.9. The quantitative estimate of drug-likeness (QED) is 0.615. The van der Waals surface area contributed by atoms with Gasteiger partial charge in [-0.25, -0.2) is 19.5 Å². The molecule has 4 rings (SSSR count). The van der Waals surface area contributed by atoms with Crippen molar-refractivity contribution in [2.45, 2.75) is 37.6 Å². The predicted molar refractivity (Wildman–Crippen MR) is 116 cm³/mol. The second kappa shape index (κ2) is 9.43. The average Bonchev–Trinajstić information content (AvgIpc) is 2.80. The lowest BCUT2D eigenvalue weighted by Crippen LogP contribution is -2.69. The van der Waals surface area contributed by atoms with E-state index in [0.717, 1.165) is 10.5 Å². The van der Waals surface area contributed by atoms with Crippen molar-refractivity contribution in [2.24, 2.45) is 5.92 Å². The number of hydrogen-bond donors (Lipinski definition) is 2. The monoisotopic (exact) mass is 492 g/mol. The van der Waals surface area contributed by atoms with E-state index in [9.17, 15) is 32.7 Å². The lowest BCUT2D eigenvalue weighted by Gasteiger charge is -2.46. The van der Waals surface area contributed by atoms with Crippen molar-refractivity contribution in [3.8, 4) is 5.75 Å². The number of hydrogen-bond acceptors (Lipinski definition) is 6. The van der Waals surface area contributed by atoms with Crippen LogP contribution < -0.4 is 10.5 Å². The Morgan fingerprint density at radius 2 is 1.91 bits per heavy atom. The van der Waals surface area contributed by atoms with Gasteiger partial charge in [-0.2, -0.15) is 0 Å². The number of halogens is 3. The lowest BCUT2D eigenvalue weighted by atomic mass is 9.82. The Kier molecular flexibility index (Phi) is 6.55. The fourth-order valence-corrected chi connectivity index (χ4v) is 4.64. The van der Waals surface area contributed by atoms with Gasteiger partial charge in [0.1, 0.15) is 11.6 Å². The van der Waals surface area contributed by atoms with Crippen LogP contribution in [0.15, 0.2) is 42.6 Å². The van der Waals surface area contributed by atoms with E-state index in [2.05, 4.69) is 9.72 Å². The summed E-state index contributed by atoms with van der Waals surface area (Å²) in [5, 5.41) is 9.71. The number of likely N-dealkylation sites (tertiary alicyclic amines) is 2. The summed E-state index contributed by atoms with van der Waals surface area (Å²) in [5.74, 6) is -3.04. The summed E-state index contributed by atoms with van der Waals surface area (Å²) in [6, 6.07) is 6.62. The second-order valence-electron chi connectivity index (χ2n) is 8.58. The van der Waals surface area contributed by atoms with Crippen molar-refractivity contribution in [1.29, 1.82) is 0 Å². The van der Waals surface area contributed by atoms with E-state index in [1.54, 1.807) is 12.1 Å². The molecule has 9 nitrogen and oxygen atoms in total. The van der Waals surface area contributed by atoms with E-state index >= 15 is 0 Å². The third-order valence-electron chi connectivity index (χ3n) is 6.25. The minimum atomic E-state index is -4.79. The van der Waals surface area contributed by atoms with Crippen LogP contribution in [0.2, 0.25) is 0 Å². The number of urea groups is 1. The van der Waals surface area contributed by atoms with Gasteiger partial charge in [0.15, 0.2) is 6.04 Å². The number of alkyl halides is 3. The Bertz CT molecular complexity index is 1120. The summed E-state index contributed by atoms with van der Waals surface area (Å²) in [6.07, 6.45) is -1.94. The highest BCUT2D eigenvalue weighted by molar-refractivity contribution is 6.07. The van der Waals surface area contributed by atoms with E-state index in [1.807, 2.05) is 0 Å². The van der Waals surface area contributed by atoms with Gasteiger partial charge in [0.2, 0.25) is 5.91 Å². The van der Waals surface area contributed by atoms with E-state index in [4.69, 9.17) is 5.73 Å². The molecule has 2 aliphatic rings. The molecule has 2 fully saturated rings. The average molecular weight is 492 g/mol. The van der Waals surface area contributed by atoms with Crippen LogP contribution in [0.1, 0.15) is 29.9 Å². The van der Waals surface area contributed by atoms with Gasteiger partial charge in [-0.3, -0.25) is 4.79 Å². The van der Waals surface area contributed by atoms with Gasteiger partial charge in [0.25, 0.3) is 0 Å². The van der Waals surface area contributed by atoms with Gasteiger partial charge >= 0.3 is 18.4 Å². The van der Waals surface area contributed by atoms with Crippen molar-refractivity contribution < 1.29 is 37.4 Å². The molecule has 2 aromatic rings. The fraction of sp³-hybridized carbons (Fsp3) is 0.391. The van der Waals surface area contributed by atoms with Crippen LogP contribution in [0.4, 0.5) is 23.8 Å². The summed E-state index contributed by atoms with van der Waals surface area (Å²) in [4.78, 5) is 43.9. The summed E-state index contributed by atoms with van der Waals surface area (Å²) in [7, 11) is 0. The van der Waals surface area contributed by atoms with E-state index in [0.29, 0.717) is 24.9 Å². The number of rotatable bonds is 5. The van der Waals surface area contributed by atoms with E-state index in [-0.39, 0.29) is 30.5 Å². The van der Waals surface area contributed by atoms with Crippen LogP contribution in [-0.4, -0.2) is 63.3 Å². The van der Waals surface area contributed by atoms with Gasteiger partial charge < -0.3 is 20.5 Å². The van der Waals surface area contributed by atoms with Crippen molar-refractivity contribution in [2.75, 3.05) is 18.8 Å². The zero-order valence-corrected chi connectivity index (χ0v) is 18.4. The molecule has 35 heavy (non-hydrogen) atoms. The third-order valence-corrected chi connectivity index (χ3v) is 6.25. The molecule has 3 N–H and O–H groups in total. The van der Waals surface area contributed by atoms with Gasteiger partial charge in [-0.15, -0.1) is 13.2 Å². The molecule has 3 atom stereocenters. The smallest absolute Gasteiger partial charge is 0.480 e. The molecule has 0 bridgehead atoms. The number of β-lactam (4-membered cyclic amide) rings is 1. The number of piperidine rings is 1. The number of carbonyl (C=O) groups excluding carboxylic acids is 2.